The molecule has 0 saturated carbocycles. The van der Waals surface area contributed by atoms with Gasteiger partial charge in [-0.05, 0) is 25.1 Å². The minimum Gasteiger partial charge on any atom is -0.440 e. The molecule has 1 aliphatic rings. The van der Waals surface area contributed by atoms with Crippen LogP contribution in [0.15, 0.2) is 51.8 Å². The second-order valence-corrected chi connectivity index (χ2v) is 10.2. The maximum atomic E-state index is 13.5. The van der Waals surface area contributed by atoms with Crippen molar-refractivity contribution in [3.8, 4) is 5.75 Å². The van der Waals surface area contributed by atoms with Crippen molar-refractivity contribution in [3.05, 3.63) is 58.8 Å². The first-order valence-corrected chi connectivity index (χ1v) is 13.0. The van der Waals surface area contributed by atoms with Crippen LogP contribution in [-0.4, -0.2) is 67.5 Å². The normalized spacial score (nSPS) is 24.3. The first kappa shape index (κ1) is 28.8. The van der Waals surface area contributed by atoms with Crippen molar-refractivity contribution in [1.29, 1.82) is 0 Å². The summed E-state index contributed by atoms with van der Waals surface area (Å²) in [5, 5.41) is 43.9. The van der Waals surface area contributed by atoms with Crippen molar-refractivity contribution in [2.75, 3.05) is 7.11 Å². The number of carbonyl (C=O) groups excluding carboxylic acids is 1. The summed E-state index contributed by atoms with van der Waals surface area (Å²) in [6, 6.07) is 7.96. The third-order valence-corrected chi connectivity index (χ3v) is 7.04. The monoisotopic (exact) mass is 570 g/mol. The average molecular weight is 570 g/mol. The van der Waals surface area contributed by atoms with Gasteiger partial charge in [0, 0.05) is 6.20 Å². The van der Waals surface area contributed by atoms with Gasteiger partial charge in [-0.15, -0.1) is 0 Å². The number of hydroxylamine groups is 1. The van der Waals surface area contributed by atoms with E-state index < -0.39 is 62.8 Å². The van der Waals surface area contributed by atoms with Gasteiger partial charge >= 0.3 is 13.4 Å². The average Bonchev–Trinajstić information content (AvgIpc) is 3.43. The van der Waals surface area contributed by atoms with E-state index in [0.717, 1.165) is 6.20 Å². The van der Waals surface area contributed by atoms with Crippen molar-refractivity contribution in [2.45, 2.75) is 50.4 Å². The minimum absolute atomic E-state index is 0.0124. The Bertz CT molecular complexity index is 1420. The highest BCUT2D eigenvalue weighted by Gasteiger charge is 2.52. The van der Waals surface area contributed by atoms with Gasteiger partial charge in [0.1, 0.15) is 30.3 Å². The van der Waals surface area contributed by atoms with E-state index in [1.807, 2.05) is 0 Å². The number of hydrogen-bond acceptors (Lipinski definition) is 14. The summed E-state index contributed by atoms with van der Waals surface area (Å²) in [6.45, 7) is 0.926. The van der Waals surface area contributed by atoms with Crippen molar-refractivity contribution in [1.82, 2.24) is 20.1 Å². The molecular formula is C22H27N4O12P. The lowest BCUT2D eigenvalue weighted by atomic mass is 10.1. The lowest BCUT2D eigenvalue weighted by Crippen LogP contribution is -2.44. The molecule has 17 heteroatoms. The van der Waals surface area contributed by atoms with Gasteiger partial charge in [0.25, 0.3) is 5.91 Å². The van der Waals surface area contributed by atoms with Gasteiger partial charge in [0.2, 0.25) is 11.6 Å². The van der Waals surface area contributed by atoms with Crippen LogP contribution in [0.5, 0.6) is 5.75 Å². The summed E-state index contributed by atoms with van der Waals surface area (Å²) in [5.41, 5.74) is 1.20. The molecule has 39 heavy (non-hydrogen) atoms. The molecule has 212 valence electrons. The summed E-state index contributed by atoms with van der Waals surface area (Å²) in [6.07, 6.45) is -5.17. The van der Waals surface area contributed by atoms with Crippen LogP contribution in [0.25, 0.3) is 11.1 Å². The number of ether oxygens (including phenoxy) is 1. The Morgan fingerprint density at radius 1 is 1.36 bits per heavy atom. The highest BCUT2D eigenvalue weighted by molar-refractivity contribution is 7.52. The first-order valence-electron chi connectivity index (χ1n) is 11.5. The van der Waals surface area contributed by atoms with E-state index in [4.69, 9.17) is 18.2 Å². The third-order valence-electron chi connectivity index (χ3n) is 5.61. The molecule has 3 unspecified atom stereocenters. The molecule has 3 heterocycles. The van der Waals surface area contributed by atoms with Crippen LogP contribution >= 0.6 is 7.75 Å². The van der Waals surface area contributed by atoms with Gasteiger partial charge in [0.05, 0.1) is 25.0 Å². The van der Waals surface area contributed by atoms with Crippen molar-refractivity contribution >= 4 is 24.8 Å². The van der Waals surface area contributed by atoms with Crippen molar-refractivity contribution in [2.24, 2.45) is 0 Å². The Morgan fingerprint density at radius 2 is 2.08 bits per heavy atom. The van der Waals surface area contributed by atoms with E-state index in [-0.39, 0.29) is 22.6 Å². The molecule has 1 amide bonds. The van der Waals surface area contributed by atoms with Crippen LogP contribution in [0, 0.1) is 0 Å². The fourth-order valence-electron chi connectivity index (χ4n) is 3.78. The van der Waals surface area contributed by atoms with Gasteiger partial charge in [-0.3, -0.25) is 9.88 Å². The largest absolute Gasteiger partial charge is 0.491 e. The summed E-state index contributed by atoms with van der Waals surface area (Å²) >= 11 is 0. The van der Waals surface area contributed by atoms with E-state index >= 15 is 0 Å². The number of aliphatic hydroxyl groups is 4. The van der Waals surface area contributed by atoms with Crippen molar-refractivity contribution in [3.63, 3.8) is 0 Å². The molecule has 1 aliphatic heterocycles. The van der Waals surface area contributed by atoms with Crippen LogP contribution in [0.3, 0.4) is 0 Å². The fraction of sp³-hybridized carbons (Fsp3) is 0.409. The van der Waals surface area contributed by atoms with E-state index in [9.17, 15) is 34.6 Å². The third kappa shape index (κ3) is 6.36. The predicted octanol–water partition coefficient (Wildman–Crippen LogP) is -0.588. The quantitative estimate of drug-likeness (QED) is 0.0963. The lowest BCUT2D eigenvalue weighted by molar-refractivity contribution is -0.280. The van der Waals surface area contributed by atoms with E-state index in [1.165, 1.54) is 32.2 Å². The minimum atomic E-state index is -4.70. The number of nitrogens with one attached hydrogen (secondary N) is 2. The van der Waals surface area contributed by atoms with Crippen LogP contribution in [-0.2, 0) is 36.0 Å². The van der Waals surface area contributed by atoms with E-state index in [0.29, 0.717) is 4.57 Å². The van der Waals surface area contributed by atoms with Gasteiger partial charge < -0.3 is 38.9 Å². The van der Waals surface area contributed by atoms with Crippen LogP contribution in [0.1, 0.15) is 19.1 Å². The summed E-state index contributed by atoms with van der Waals surface area (Å²) in [4.78, 5) is 33.4. The number of aromatic nitrogens is 2. The standard InChI is InChI=1S/C22H27N4O12P/c1-12(24-34-2)18(29)25-39(33,37-14-6-4-3-5-7-14)38-20(30)17-16(28)9-22(32,36-17)26-10-13-8-15(11-27)35-19(13)23-21(26)31/h3-8,10,12,16-17,20,24,27-28,30,32H,9,11H2,1-2H3,(H,25,29,33)/t12-,16-,17-,20?,22?,39?/m0/s1. The zero-order valence-electron chi connectivity index (χ0n) is 20.7. The molecule has 1 fully saturated rings. The molecule has 16 nitrogen and oxygen atoms in total. The Kier molecular flexibility index (Phi) is 8.51. The van der Waals surface area contributed by atoms with Crippen LogP contribution < -0.4 is 20.8 Å². The number of furan rings is 1. The lowest BCUT2D eigenvalue weighted by Gasteiger charge is -2.28. The number of carbonyl (C=O) groups is 1. The molecule has 3 aromatic rings. The SMILES string of the molecule is CON[C@@H](C)C(=O)NP(=O)(Oc1ccccc1)OC(O)[C@H]1OC(O)(n2cc3cc(CO)oc3nc2=O)C[C@@H]1O. The molecule has 0 radical (unpaired) electrons. The molecule has 1 aromatic carbocycles. The maximum Gasteiger partial charge on any atom is 0.491 e. The van der Waals surface area contributed by atoms with Gasteiger partial charge in [-0.1, -0.05) is 18.2 Å². The molecule has 2 aromatic heterocycles. The van der Waals surface area contributed by atoms with Gasteiger partial charge in [0.15, 0.2) is 6.29 Å². The summed E-state index contributed by atoms with van der Waals surface area (Å²) in [5.74, 6) is -3.28. The molecule has 4 rings (SSSR count). The Morgan fingerprint density at radius 3 is 2.74 bits per heavy atom. The molecule has 6 N–H and O–H groups in total. The van der Waals surface area contributed by atoms with Crippen LogP contribution in [0.4, 0.5) is 0 Å². The zero-order chi connectivity index (χ0) is 28.4. The second kappa shape index (κ2) is 11.5. The Hall–Kier alpha value is -3.18. The van der Waals surface area contributed by atoms with Crippen molar-refractivity contribution < 1.29 is 52.8 Å². The first-order chi connectivity index (χ1) is 18.5. The highest BCUT2D eigenvalue weighted by Crippen LogP contribution is 2.47. The number of hydrogen-bond donors (Lipinski definition) is 6. The number of amides is 1. The summed E-state index contributed by atoms with van der Waals surface area (Å²) < 4.78 is 35.4. The zero-order valence-corrected chi connectivity index (χ0v) is 21.6. The Labute approximate surface area is 220 Å². The van der Waals surface area contributed by atoms with Crippen LogP contribution in [0.2, 0.25) is 0 Å². The van der Waals surface area contributed by atoms with E-state index in [2.05, 4.69) is 20.4 Å². The number of para-hydroxylation sites is 1. The predicted molar refractivity (Wildman–Crippen MR) is 129 cm³/mol. The molecule has 1 saturated heterocycles. The van der Waals surface area contributed by atoms with E-state index in [1.54, 1.807) is 18.2 Å². The number of benzene rings is 1. The second-order valence-electron chi connectivity index (χ2n) is 8.54. The Balaban J connectivity index is 1.57. The number of fused-ring (bicyclic) bond motifs is 1. The smallest absolute Gasteiger partial charge is 0.440 e. The summed E-state index contributed by atoms with van der Waals surface area (Å²) in [7, 11) is -3.44. The fourth-order valence-corrected chi connectivity index (χ4v) is 5.19. The molecule has 0 bridgehead atoms. The number of aliphatic hydroxyl groups excluding tert-OH is 3. The number of nitrogens with zero attached hydrogens (tertiary/aromatic N) is 2. The number of rotatable bonds is 11. The maximum absolute atomic E-state index is 13.5. The molecule has 6 atom stereocenters. The molecular weight excluding hydrogens is 543 g/mol. The highest BCUT2D eigenvalue weighted by atomic mass is 31.2. The molecule has 0 spiro atoms. The van der Waals surface area contributed by atoms with Gasteiger partial charge in [-0.25, -0.2) is 18.5 Å². The topological polar surface area (TPSA) is 224 Å². The van der Waals surface area contributed by atoms with Gasteiger partial charge in [-0.2, -0.15) is 10.5 Å². The molecule has 0 aliphatic carbocycles.